The number of hydrogen-bond acceptors (Lipinski definition) is 12. The van der Waals surface area contributed by atoms with Crippen molar-refractivity contribution in [2.24, 2.45) is 5.41 Å². The zero-order valence-electron chi connectivity index (χ0n) is 16.2. The fraction of sp³-hybridized carbons (Fsp3) is 0.500. The monoisotopic (exact) mass is 530 g/mol. The molecule has 0 spiro atoms. The Morgan fingerprint density at radius 3 is 2.55 bits per heavy atom. The minimum Gasteiger partial charge on any atom is -0.391 e. The number of nitrogens with zero attached hydrogens (tertiary/aromatic N) is 4. The number of anilines is 1. The maximum Gasteiger partial charge on any atom is 0.490 e. The van der Waals surface area contributed by atoms with E-state index in [2.05, 4.69) is 28.1 Å². The number of aliphatic hydroxyl groups excluding tert-OH is 1. The molecule has 0 amide bonds. The molecular weight excluding hydrogens is 513 g/mol. The fourth-order valence-corrected chi connectivity index (χ4v) is 6.44. The molecule has 5 unspecified atom stereocenters. The molecule has 182 valence electrons. The number of nitriles is 1. The molecule has 21 heteroatoms. The molecule has 5 atom stereocenters. The van der Waals surface area contributed by atoms with E-state index in [1.54, 1.807) is 6.07 Å². The summed E-state index contributed by atoms with van der Waals surface area (Å²) in [6.07, 6.45) is -0.524. The molecular formula is C12H17N6O12P3. The van der Waals surface area contributed by atoms with Gasteiger partial charge in [-0.2, -0.15) is 18.9 Å². The van der Waals surface area contributed by atoms with E-state index >= 15 is 0 Å². The van der Waals surface area contributed by atoms with Crippen LogP contribution in [0.3, 0.4) is 0 Å². The van der Waals surface area contributed by atoms with Crippen molar-refractivity contribution < 1.29 is 51.5 Å². The van der Waals surface area contributed by atoms with Crippen molar-refractivity contribution in [3.63, 3.8) is 0 Å². The molecule has 0 bridgehead atoms. The van der Waals surface area contributed by atoms with Gasteiger partial charge in [-0.3, -0.25) is 14.3 Å². The van der Waals surface area contributed by atoms with Crippen LogP contribution >= 0.6 is 23.5 Å². The first kappa shape index (κ1) is 25.6. The number of imidazole rings is 1. The number of H-pyrrole nitrogens is 1. The SMILES string of the molecule is N#CC1(COP(=O)(O)OP(=O)(O)OP(=O)(O)O)CC(n2cnc3c(=O)[nH]c(N)nc32)CC1O. The minimum atomic E-state index is -5.74. The molecule has 3 rings (SSSR count). The summed E-state index contributed by atoms with van der Waals surface area (Å²) in [5.74, 6) is -0.202. The maximum atomic E-state index is 12.0. The number of nitrogens with two attached hydrogens (primary N) is 1. The number of phosphoric ester groups is 1. The van der Waals surface area contributed by atoms with Crippen molar-refractivity contribution in [2.75, 3.05) is 12.3 Å². The van der Waals surface area contributed by atoms with E-state index in [0.717, 1.165) is 0 Å². The predicted octanol–water partition coefficient (Wildman–Crippen LogP) is -0.749. The third kappa shape index (κ3) is 5.75. The average Bonchev–Trinajstić information content (AvgIpc) is 3.18. The maximum absolute atomic E-state index is 12.0. The molecule has 0 saturated heterocycles. The van der Waals surface area contributed by atoms with Crippen LogP contribution in [0.1, 0.15) is 18.9 Å². The highest BCUT2D eigenvalue weighted by molar-refractivity contribution is 7.66. The molecule has 0 radical (unpaired) electrons. The molecule has 0 aromatic carbocycles. The molecule has 1 aliphatic carbocycles. The molecule has 1 aliphatic rings. The summed E-state index contributed by atoms with van der Waals surface area (Å²) >= 11 is 0. The van der Waals surface area contributed by atoms with Gasteiger partial charge in [0.05, 0.1) is 25.1 Å². The second-order valence-corrected chi connectivity index (χ2v) is 11.4. The van der Waals surface area contributed by atoms with Crippen molar-refractivity contribution in [1.82, 2.24) is 19.5 Å². The number of nitrogens with one attached hydrogen (secondary N) is 1. The number of rotatable bonds is 8. The van der Waals surface area contributed by atoms with Gasteiger partial charge in [0, 0.05) is 6.04 Å². The van der Waals surface area contributed by atoms with Crippen molar-refractivity contribution in [1.29, 1.82) is 5.26 Å². The summed E-state index contributed by atoms with van der Waals surface area (Å²) in [6.45, 7) is -0.992. The lowest BCUT2D eigenvalue weighted by molar-refractivity contribution is 0.0430. The summed E-state index contributed by atoms with van der Waals surface area (Å²) in [5.41, 5.74) is 3.10. The number of aliphatic hydroxyl groups is 1. The van der Waals surface area contributed by atoms with Gasteiger partial charge in [-0.05, 0) is 12.8 Å². The minimum absolute atomic E-state index is 0.0542. The smallest absolute Gasteiger partial charge is 0.391 e. The van der Waals surface area contributed by atoms with Crippen LogP contribution in [0.25, 0.3) is 11.2 Å². The second-order valence-electron chi connectivity index (χ2n) is 7.02. The highest BCUT2D eigenvalue weighted by Gasteiger charge is 2.51. The Labute approximate surface area is 183 Å². The van der Waals surface area contributed by atoms with Crippen molar-refractivity contribution in [3.05, 3.63) is 16.7 Å². The zero-order valence-corrected chi connectivity index (χ0v) is 18.8. The first-order valence-electron chi connectivity index (χ1n) is 8.66. The lowest BCUT2D eigenvalue weighted by Gasteiger charge is -2.25. The van der Waals surface area contributed by atoms with Gasteiger partial charge in [0.25, 0.3) is 5.56 Å². The lowest BCUT2D eigenvalue weighted by Crippen LogP contribution is -2.33. The van der Waals surface area contributed by atoms with Gasteiger partial charge in [0.2, 0.25) is 5.95 Å². The Kier molecular flexibility index (Phi) is 6.72. The summed E-state index contributed by atoms with van der Waals surface area (Å²) < 4.78 is 47.2. The third-order valence-electron chi connectivity index (χ3n) is 4.70. The molecule has 8 N–H and O–H groups in total. The van der Waals surface area contributed by atoms with E-state index in [9.17, 15) is 38.6 Å². The summed E-state index contributed by atoms with van der Waals surface area (Å²) in [5, 5.41) is 20.1. The van der Waals surface area contributed by atoms with Crippen LogP contribution in [-0.2, 0) is 26.8 Å². The molecule has 2 aromatic heterocycles. The standard InChI is InChI=1S/C12H17N6O12P3/c13-3-12(4-28-32(24,25)30-33(26,27)29-31(21,22)23)2-6(1-7(12)19)18-5-15-8-9(18)16-11(14)17-10(8)20/h5-7,19H,1-2,4H2,(H,24,25)(H,26,27)(H2,21,22,23)(H3,14,16,17,20). The Morgan fingerprint density at radius 1 is 1.27 bits per heavy atom. The van der Waals surface area contributed by atoms with Crippen molar-refractivity contribution >= 4 is 40.6 Å². The van der Waals surface area contributed by atoms with Crippen LogP contribution < -0.4 is 11.3 Å². The van der Waals surface area contributed by atoms with Crippen LogP contribution in [-0.4, -0.2) is 56.9 Å². The quantitative estimate of drug-likeness (QED) is 0.207. The number of fused-ring (bicyclic) bond motifs is 1. The molecule has 33 heavy (non-hydrogen) atoms. The summed E-state index contributed by atoms with van der Waals surface area (Å²) in [7, 11) is -16.8. The zero-order chi connectivity index (χ0) is 24.8. The van der Waals surface area contributed by atoms with Gasteiger partial charge in [-0.15, -0.1) is 0 Å². The normalized spacial score (nSPS) is 27.2. The molecule has 1 fully saturated rings. The van der Waals surface area contributed by atoms with Gasteiger partial charge in [0.15, 0.2) is 11.2 Å². The van der Waals surface area contributed by atoms with Gasteiger partial charge in [0.1, 0.15) is 5.41 Å². The van der Waals surface area contributed by atoms with E-state index < -0.39 is 53.2 Å². The van der Waals surface area contributed by atoms with Gasteiger partial charge < -0.3 is 35.0 Å². The molecule has 2 heterocycles. The number of hydrogen-bond donors (Lipinski definition) is 7. The number of phosphoric acid groups is 3. The van der Waals surface area contributed by atoms with Crippen LogP contribution in [0, 0.1) is 16.7 Å². The highest BCUT2D eigenvalue weighted by Crippen LogP contribution is 2.66. The molecule has 18 nitrogen and oxygen atoms in total. The number of aromatic nitrogens is 4. The Bertz CT molecular complexity index is 1310. The van der Waals surface area contributed by atoms with E-state index in [1.807, 2.05) is 0 Å². The van der Waals surface area contributed by atoms with Crippen molar-refractivity contribution in [3.8, 4) is 6.07 Å². The highest BCUT2D eigenvalue weighted by atomic mass is 31.3. The molecule has 1 saturated carbocycles. The molecule has 2 aromatic rings. The third-order valence-corrected chi connectivity index (χ3v) is 8.48. The van der Waals surface area contributed by atoms with Crippen molar-refractivity contribution in [2.45, 2.75) is 25.0 Å². The van der Waals surface area contributed by atoms with Crippen LogP contribution in [0.5, 0.6) is 0 Å². The van der Waals surface area contributed by atoms with Gasteiger partial charge in [-0.25, -0.2) is 18.7 Å². The Balaban J connectivity index is 1.79. The average molecular weight is 530 g/mol. The van der Waals surface area contributed by atoms with Crippen LogP contribution in [0.4, 0.5) is 5.95 Å². The van der Waals surface area contributed by atoms with E-state index in [-0.39, 0.29) is 30.0 Å². The molecule has 0 aliphatic heterocycles. The van der Waals surface area contributed by atoms with E-state index in [1.165, 1.54) is 10.9 Å². The lowest BCUT2D eigenvalue weighted by atomic mass is 9.87. The van der Waals surface area contributed by atoms with Gasteiger partial charge >= 0.3 is 23.5 Å². The fourth-order valence-electron chi connectivity index (χ4n) is 3.35. The Morgan fingerprint density at radius 2 is 1.94 bits per heavy atom. The number of nitrogen functional groups attached to an aromatic ring is 1. The van der Waals surface area contributed by atoms with E-state index in [0.29, 0.717) is 0 Å². The van der Waals surface area contributed by atoms with E-state index in [4.69, 9.17) is 15.5 Å². The van der Waals surface area contributed by atoms with Crippen LogP contribution in [0.15, 0.2) is 11.1 Å². The summed E-state index contributed by atoms with van der Waals surface area (Å²) in [6, 6.07) is 1.07. The van der Waals surface area contributed by atoms with Gasteiger partial charge in [-0.1, -0.05) is 0 Å². The predicted molar refractivity (Wildman–Crippen MR) is 105 cm³/mol. The van der Waals surface area contributed by atoms with Crippen LogP contribution in [0.2, 0.25) is 0 Å². The second kappa shape index (κ2) is 8.66. The first-order chi connectivity index (χ1) is 15.1. The largest absolute Gasteiger partial charge is 0.490 e. The first-order valence-corrected chi connectivity index (χ1v) is 13.2. The number of aromatic amines is 1. The Hall–Kier alpha value is -1.99. The topological polar surface area (TPSA) is 293 Å². The summed E-state index contributed by atoms with van der Waals surface area (Å²) in [4.78, 5) is 58.0.